The topological polar surface area (TPSA) is 226 Å². The Bertz CT molecular complexity index is 727. The zero-order valence-electron chi connectivity index (χ0n) is 17.3. The molecule has 4 unspecified atom stereocenters. The number of nitrogens with one attached hydrogen (secondary N) is 4. The maximum atomic E-state index is 12.8. The molecule has 3 amide bonds. The van der Waals surface area contributed by atoms with E-state index in [2.05, 4.69) is 25.9 Å². The summed E-state index contributed by atoms with van der Waals surface area (Å²) in [7, 11) is 0. The third-order valence-electron chi connectivity index (χ3n) is 4.46. The van der Waals surface area contributed by atoms with Gasteiger partial charge in [-0.2, -0.15) is 0 Å². The first-order valence-corrected chi connectivity index (χ1v) is 9.87. The van der Waals surface area contributed by atoms with Crippen LogP contribution >= 0.6 is 0 Å². The second kappa shape index (κ2) is 13.3. The molecule has 4 atom stereocenters. The van der Waals surface area contributed by atoms with E-state index < -0.39 is 54.5 Å². The second-order valence-electron chi connectivity index (χ2n) is 7.05. The van der Waals surface area contributed by atoms with Gasteiger partial charge in [0.25, 0.3) is 0 Å². The molecule has 31 heavy (non-hydrogen) atoms. The highest BCUT2D eigenvalue weighted by Crippen LogP contribution is 2.03. The number of carboxylic acids is 1. The van der Waals surface area contributed by atoms with Crippen molar-refractivity contribution in [3.8, 4) is 0 Å². The standard InChI is InChI=1S/C18H31N7O6/c1-10(18(30)31)23-17(29)14(8-26)25-16(28)13(6-11-7-21-9-22-11)24-15(27)12(20)4-2-3-5-19/h7,9-10,12-14,26H,2-6,8,19-20H2,1H3,(H,21,22)(H,23,29)(H,24,27)(H,25,28)(H,30,31). The van der Waals surface area contributed by atoms with Gasteiger partial charge in [-0.15, -0.1) is 0 Å². The Hall–Kier alpha value is -3.03. The van der Waals surface area contributed by atoms with Crippen LogP contribution in [0.3, 0.4) is 0 Å². The zero-order valence-corrected chi connectivity index (χ0v) is 17.3. The number of aliphatic hydroxyl groups excluding tert-OH is 1. The number of carbonyl (C=O) groups is 4. The molecule has 0 fully saturated rings. The molecule has 13 heteroatoms. The quantitative estimate of drug-likeness (QED) is 0.137. The number of unbranched alkanes of at least 4 members (excludes halogenated alkanes) is 1. The summed E-state index contributed by atoms with van der Waals surface area (Å²) >= 11 is 0. The molecule has 0 spiro atoms. The molecule has 0 aromatic carbocycles. The number of aliphatic hydroxyl groups is 1. The summed E-state index contributed by atoms with van der Waals surface area (Å²) in [6.07, 6.45) is 4.65. The SMILES string of the molecule is CC(NC(=O)C(CO)NC(=O)C(Cc1cnc[nH]1)NC(=O)C(N)CCCCN)C(=O)O. The lowest BCUT2D eigenvalue weighted by Crippen LogP contribution is -2.58. The monoisotopic (exact) mass is 441 g/mol. The van der Waals surface area contributed by atoms with Crippen molar-refractivity contribution in [1.82, 2.24) is 25.9 Å². The van der Waals surface area contributed by atoms with Gasteiger partial charge < -0.3 is 42.6 Å². The smallest absolute Gasteiger partial charge is 0.325 e. The average molecular weight is 441 g/mol. The molecule has 1 rings (SSSR count). The molecule has 0 saturated heterocycles. The van der Waals surface area contributed by atoms with Crippen molar-refractivity contribution in [3.05, 3.63) is 18.2 Å². The van der Waals surface area contributed by atoms with E-state index in [0.717, 1.165) is 0 Å². The zero-order chi connectivity index (χ0) is 23.4. The van der Waals surface area contributed by atoms with Crippen LogP contribution < -0.4 is 27.4 Å². The number of nitrogens with two attached hydrogens (primary N) is 2. The van der Waals surface area contributed by atoms with Gasteiger partial charge in [-0.3, -0.25) is 19.2 Å². The van der Waals surface area contributed by atoms with Crippen LogP contribution in [0.2, 0.25) is 0 Å². The summed E-state index contributed by atoms with van der Waals surface area (Å²) in [5.41, 5.74) is 11.8. The molecule has 0 radical (unpaired) electrons. The summed E-state index contributed by atoms with van der Waals surface area (Å²) in [5, 5.41) is 25.4. The third kappa shape index (κ3) is 9.11. The first-order chi connectivity index (χ1) is 14.7. The molecule has 1 heterocycles. The number of aromatic amines is 1. The van der Waals surface area contributed by atoms with Crippen molar-refractivity contribution < 1.29 is 29.4 Å². The Kier molecular flexibility index (Phi) is 11.2. The summed E-state index contributed by atoms with van der Waals surface area (Å²) in [4.78, 5) is 54.9. The summed E-state index contributed by atoms with van der Waals surface area (Å²) in [5.74, 6) is -3.46. The van der Waals surface area contributed by atoms with E-state index in [1.54, 1.807) is 0 Å². The van der Waals surface area contributed by atoms with E-state index in [1.807, 2.05) is 0 Å². The van der Waals surface area contributed by atoms with Gasteiger partial charge in [0.15, 0.2) is 0 Å². The predicted molar refractivity (Wildman–Crippen MR) is 109 cm³/mol. The fourth-order valence-corrected chi connectivity index (χ4v) is 2.59. The fourth-order valence-electron chi connectivity index (χ4n) is 2.59. The largest absolute Gasteiger partial charge is 0.480 e. The van der Waals surface area contributed by atoms with Gasteiger partial charge in [-0.1, -0.05) is 6.42 Å². The molecule has 13 nitrogen and oxygen atoms in total. The number of aromatic nitrogens is 2. The highest BCUT2D eigenvalue weighted by atomic mass is 16.4. The summed E-state index contributed by atoms with van der Waals surface area (Å²) < 4.78 is 0. The highest BCUT2D eigenvalue weighted by molar-refractivity contribution is 5.94. The van der Waals surface area contributed by atoms with E-state index in [1.165, 1.54) is 19.4 Å². The molecule has 1 aromatic heterocycles. The number of aliphatic carboxylic acids is 1. The molecule has 0 saturated carbocycles. The maximum absolute atomic E-state index is 12.8. The normalized spacial score (nSPS) is 14.7. The summed E-state index contributed by atoms with van der Waals surface area (Å²) in [6, 6.07) is -4.59. The van der Waals surface area contributed by atoms with Gasteiger partial charge in [0.05, 0.1) is 19.0 Å². The molecule has 0 aliphatic carbocycles. The first kappa shape index (κ1) is 26.0. The van der Waals surface area contributed by atoms with E-state index in [0.29, 0.717) is 31.5 Å². The van der Waals surface area contributed by atoms with E-state index in [9.17, 15) is 24.3 Å². The molecule has 174 valence electrons. The van der Waals surface area contributed by atoms with Gasteiger partial charge in [0.2, 0.25) is 17.7 Å². The molecular formula is C18H31N7O6. The predicted octanol–water partition coefficient (Wildman–Crippen LogP) is -3.04. The van der Waals surface area contributed by atoms with Gasteiger partial charge in [-0.25, -0.2) is 4.98 Å². The fraction of sp³-hybridized carbons (Fsp3) is 0.611. The van der Waals surface area contributed by atoms with Crippen LogP contribution in [0.4, 0.5) is 0 Å². The van der Waals surface area contributed by atoms with Crippen LogP contribution in [0.25, 0.3) is 0 Å². The minimum absolute atomic E-state index is 0.0262. The molecule has 0 bridgehead atoms. The van der Waals surface area contributed by atoms with Crippen LogP contribution in [0.1, 0.15) is 31.9 Å². The number of hydrogen-bond donors (Lipinski definition) is 8. The lowest BCUT2D eigenvalue weighted by atomic mass is 10.1. The number of nitrogens with zero attached hydrogens (tertiary/aromatic N) is 1. The van der Waals surface area contributed by atoms with Crippen molar-refractivity contribution in [3.63, 3.8) is 0 Å². The van der Waals surface area contributed by atoms with Gasteiger partial charge in [0.1, 0.15) is 18.1 Å². The molecule has 0 aliphatic rings. The molecule has 10 N–H and O–H groups in total. The molecule has 1 aromatic rings. The Labute approximate surface area is 179 Å². The second-order valence-corrected chi connectivity index (χ2v) is 7.05. The number of rotatable bonds is 14. The highest BCUT2D eigenvalue weighted by Gasteiger charge is 2.29. The molecular weight excluding hydrogens is 410 g/mol. The van der Waals surface area contributed by atoms with Crippen molar-refractivity contribution in [2.75, 3.05) is 13.2 Å². The molecule has 0 aliphatic heterocycles. The summed E-state index contributed by atoms with van der Waals surface area (Å²) in [6.45, 7) is 0.946. The van der Waals surface area contributed by atoms with Crippen molar-refractivity contribution >= 4 is 23.7 Å². The third-order valence-corrected chi connectivity index (χ3v) is 4.46. The lowest BCUT2D eigenvalue weighted by Gasteiger charge is -2.23. The minimum Gasteiger partial charge on any atom is -0.480 e. The number of carbonyl (C=O) groups excluding carboxylic acids is 3. The van der Waals surface area contributed by atoms with Gasteiger partial charge in [0, 0.05) is 18.3 Å². The lowest BCUT2D eigenvalue weighted by molar-refractivity contribution is -0.142. The Morgan fingerprint density at radius 1 is 1.10 bits per heavy atom. The van der Waals surface area contributed by atoms with E-state index in [4.69, 9.17) is 16.6 Å². The van der Waals surface area contributed by atoms with Crippen LogP contribution in [0.15, 0.2) is 12.5 Å². The number of H-pyrrole nitrogens is 1. The minimum atomic E-state index is -1.41. The van der Waals surface area contributed by atoms with Crippen LogP contribution in [-0.2, 0) is 25.6 Å². The van der Waals surface area contributed by atoms with Gasteiger partial charge >= 0.3 is 5.97 Å². The Morgan fingerprint density at radius 3 is 2.29 bits per heavy atom. The Morgan fingerprint density at radius 2 is 1.74 bits per heavy atom. The van der Waals surface area contributed by atoms with Crippen molar-refractivity contribution in [1.29, 1.82) is 0 Å². The number of hydrogen-bond acceptors (Lipinski definition) is 8. The van der Waals surface area contributed by atoms with Gasteiger partial charge in [-0.05, 0) is 26.3 Å². The van der Waals surface area contributed by atoms with Crippen LogP contribution in [0, 0.1) is 0 Å². The van der Waals surface area contributed by atoms with Crippen LogP contribution in [-0.4, -0.2) is 81.2 Å². The van der Waals surface area contributed by atoms with E-state index >= 15 is 0 Å². The van der Waals surface area contributed by atoms with E-state index in [-0.39, 0.29) is 6.42 Å². The first-order valence-electron chi connectivity index (χ1n) is 9.87. The number of carboxylic acid groups (broad SMARTS) is 1. The van der Waals surface area contributed by atoms with Crippen LogP contribution in [0.5, 0.6) is 0 Å². The number of imidazole rings is 1. The average Bonchev–Trinajstić information content (AvgIpc) is 3.24. The van der Waals surface area contributed by atoms with Crippen molar-refractivity contribution in [2.24, 2.45) is 11.5 Å². The Balaban J connectivity index is 2.83. The van der Waals surface area contributed by atoms with Crippen molar-refractivity contribution in [2.45, 2.75) is 56.8 Å². The maximum Gasteiger partial charge on any atom is 0.325 e. The number of amides is 3.